The molecule has 0 saturated carbocycles. The molecule has 0 aliphatic rings. The van der Waals surface area contributed by atoms with Crippen LogP contribution in [0.2, 0.25) is 0 Å². The van der Waals surface area contributed by atoms with E-state index in [0.29, 0.717) is 35.4 Å². The Balaban J connectivity index is 1.63. The smallest absolute Gasteiger partial charge is 0.251 e. The summed E-state index contributed by atoms with van der Waals surface area (Å²) in [5.41, 5.74) is 3.30. The van der Waals surface area contributed by atoms with Crippen molar-refractivity contribution in [3.63, 3.8) is 0 Å². The van der Waals surface area contributed by atoms with Gasteiger partial charge in [-0.2, -0.15) is 0 Å². The SMILES string of the molecule is COCCNC(=O)c1ccccc1CSc1nnc(-c2cccnc2)n1-c1ccc(OC)cc1. The van der Waals surface area contributed by atoms with Crippen molar-refractivity contribution in [1.29, 1.82) is 0 Å². The summed E-state index contributed by atoms with van der Waals surface area (Å²) in [6.07, 6.45) is 3.49. The number of amides is 1. The van der Waals surface area contributed by atoms with Crippen molar-refractivity contribution in [2.75, 3.05) is 27.4 Å². The molecule has 0 aliphatic carbocycles. The molecule has 1 amide bonds. The largest absolute Gasteiger partial charge is 0.497 e. The van der Waals surface area contributed by atoms with E-state index in [0.717, 1.165) is 22.6 Å². The van der Waals surface area contributed by atoms with Crippen LogP contribution in [-0.4, -0.2) is 53.0 Å². The van der Waals surface area contributed by atoms with Crippen LogP contribution in [0.15, 0.2) is 78.2 Å². The van der Waals surface area contributed by atoms with Crippen LogP contribution in [0.5, 0.6) is 5.75 Å². The monoisotopic (exact) mass is 475 g/mol. The van der Waals surface area contributed by atoms with Gasteiger partial charge in [0.25, 0.3) is 5.91 Å². The van der Waals surface area contributed by atoms with Gasteiger partial charge in [0.05, 0.1) is 13.7 Å². The zero-order valence-corrected chi connectivity index (χ0v) is 19.8. The van der Waals surface area contributed by atoms with Crippen molar-refractivity contribution in [2.24, 2.45) is 0 Å². The van der Waals surface area contributed by atoms with Gasteiger partial charge in [-0.25, -0.2) is 0 Å². The highest BCUT2D eigenvalue weighted by molar-refractivity contribution is 7.98. The van der Waals surface area contributed by atoms with Gasteiger partial charge >= 0.3 is 0 Å². The molecule has 0 saturated heterocycles. The molecule has 4 rings (SSSR count). The average Bonchev–Trinajstić information content (AvgIpc) is 3.32. The van der Waals surface area contributed by atoms with Crippen LogP contribution < -0.4 is 10.1 Å². The maximum Gasteiger partial charge on any atom is 0.251 e. The van der Waals surface area contributed by atoms with E-state index in [2.05, 4.69) is 20.5 Å². The summed E-state index contributed by atoms with van der Waals surface area (Å²) in [4.78, 5) is 16.9. The molecule has 2 heterocycles. The van der Waals surface area contributed by atoms with Crippen molar-refractivity contribution < 1.29 is 14.3 Å². The molecule has 8 nitrogen and oxygen atoms in total. The Hall–Kier alpha value is -3.69. The number of rotatable bonds is 10. The first-order valence-electron chi connectivity index (χ1n) is 10.7. The van der Waals surface area contributed by atoms with Gasteiger partial charge in [0.1, 0.15) is 5.75 Å². The molecule has 0 unspecified atom stereocenters. The van der Waals surface area contributed by atoms with Crippen LogP contribution in [0.1, 0.15) is 15.9 Å². The van der Waals surface area contributed by atoms with Gasteiger partial charge in [0.15, 0.2) is 11.0 Å². The second-order valence-corrected chi connectivity index (χ2v) is 8.22. The van der Waals surface area contributed by atoms with E-state index in [1.807, 2.05) is 65.2 Å². The van der Waals surface area contributed by atoms with E-state index in [4.69, 9.17) is 9.47 Å². The first-order chi connectivity index (χ1) is 16.7. The van der Waals surface area contributed by atoms with Crippen LogP contribution in [0, 0.1) is 0 Å². The minimum Gasteiger partial charge on any atom is -0.497 e. The van der Waals surface area contributed by atoms with E-state index >= 15 is 0 Å². The van der Waals surface area contributed by atoms with E-state index in [1.54, 1.807) is 26.6 Å². The predicted molar refractivity (Wildman–Crippen MR) is 131 cm³/mol. The van der Waals surface area contributed by atoms with Crippen LogP contribution in [-0.2, 0) is 10.5 Å². The molecule has 174 valence electrons. The summed E-state index contributed by atoms with van der Waals surface area (Å²) >= 11 is 1.51. The molecule has 4 aromatic rings. The van der Waals surface area contributed by atoms with Gasteiger partial charge in [-0.15, -0.1) is 10.2 Å². The van der Waals surface area contributed by atoms with Crippen LogP contribution >= 0.6 is 11.8 Å². The minimum atomic E-state index is -0.124. The number of methoxy groups -OCH3 is 2. The number of nitrogens with one attached hydrogen (secondary N) is 1. The van der Waals surface area contributed by atoms with Crippen LogP contribution in [0.25, 0.3) is 17.1 Å². The molecular formula is C25H25N5O3S. The lowest BCUT2D eigenvalue weighted by atomic mass is 10.1. The highest BCUT2D eigenvalue weighted by Crippen LogP contribution is 2.30. The molecule has 0 atom stereocenters. The molecule has 0 spiro atoms. The molecule has 0 radical (unpaired) electrons. The van der Waals surface area contributed by atoms with E-state index in [1.165, 1.54) is 11.8 Å². The van der Waals surface area contributed by atoms with Gasteiger partial charge in [-0.05, 0) is 48.0 Å². The first kappa shape index (κ1) is 23.5. The maximum absolute atomic E-state index is 12.7. The van der Waals surface area contributed by atoms with Gasteiger partial charge in [-0.3, -0.25) is 14.3 Å². The van der Waals surface area contributed by atoms with Crippen molar-refractivity contribution in [3.05, 3.63) is 84.2 Å². The number of hydrogen-bond acceptors (Lipinski definition) is 7. The number of carbonyl (C=O) groups excluding carboxylic acids is 1. The third-order valence-electron chi connectivity index (χ3n) is 5.09. The van der Waals surface area contributed by atoms with Gasteiger partial charge < -0.3 is 14.8 Å². The number of benzene rings is 2. The van der Waals surface area contributed by atoms with Gasteiger partial charge in [-0.1, -0.05) is 30.0 Å². The van der Waals surface area contributed by atoms with E-state index in [-0.39, 0.29) is 5.91 Å². The van der Waals surface area contributed by atoms with E-state index < -0.39 is 0 Å². The van der Waals surface area contributed by atoms with Crippen molar-refractivity contribution in [3.8, 4) is 22.8 Å². The Labute approximate surface area is 202 Å². The third kappa shape index (κ3) is 5.44. The highest BCUT2D eigenvalue weighted by atomic mass is 32.2. The Morgan fingerprint density at radius 1 is 1.03 bits per heavy atom. The fourth-order valence-electron chi connectivity index (χ4n) is 3.38. The lowest BCUT2D eigenvalue weighted by Crippen LogP contribution is -2.27. The fourth-order valence-corrected chi connectivity index (χ4v) is 4.34. The molecular weight excluding hydrogens is 450 g/mol. The molecule has 0 bridgehead atoms. The number of thioether (sulfide) groups is 1. The number of pyridine rings is 1. The molecule has 1 N–H and O–H groups in total. The quantitative estimate of drug-likeness (QED) is 0.274. The van der Waals surface area contributed by atoms with Crippen LogP contribution in [0.3, 0.4) is 0 Å². The zero-order valence-electron chi connectivity index (χ0n) is 19.0. The average molecular weight is 476 g/mol. The fraction of sp³-hybridized carbons (Fsp3) is 0.200. The Morgan fingerprint density at radius 3 is 2.59 bits per heavy atom. The molecule has 2 aromatic carbocycles. The third-order valence-corrected chi connectivity index (χ3v) is 6.07. The second-order valence-electron chi connectivity index (χ2n) is 7.28. The highest BCUT2D eigenvalue weighted by Gasteiger charge is 2.18. The lowest BCUT2D eigenvalue weighted by molar-refractivity contribution is 0.0936. The first-order valence-corrected chi connectivity index (χ1v) is 11.7. The number of carbonyl (C=O) groups is 1. The normalized spacial score (nSPS) is 10.8. The zero-order chi connectivity index (χ0) is 23.8. The second kappa shape index (κ2) is 11.4. The maximum atomic E-state index is 12.7. The number of hydrogen-bond donors (Lipinski definition) is 1. The number of nitrogens with zero attached hydrogens (tertiary/aromatic N) is 4. The number of ether oxygens (including phenoxy) is 2. The summed E-state index contributed by atoms with van der Waals surface area (Å²) in [6.45, 7) is 0.918. The molecule has 0 fully saturated rings. The Kier molecular flexibility index (Phi) is 7.90. The van der Waals surface area contributed by atoms with Crippen molar-refractivity contribution in [1.82, 2.24) is 25.1 Å². The summed E-state index contributed by atoms with van der Waals surface area (Å²) in [5.74, 6) is 1.88. The topological polar surface area (TPSA) is 91.2 Å². The summed E-state index contributed by atoms with van der Waals surface area (Å²) in [5, 5.41) is 12.5. The minimum absolute atomic E-state index is 0.124. The predicted octanol–water partition coefficient (Wildman–Crippen LogP) is 4.01. The lowest BCUT2D eigenvalue weighted by Gasteiger charge is -2.12. The summed E-state index contributed by atoms with van der Waals surface area (Å²) in [6, 6.07) is 19.1. The standard InChI is InChI=1S/C25H25N5O3S/c1-32-15-14-27-24(31)22-8-4-3-6-19(22)17-34-25-29-28-23(18-7-5-13-26-16-18)30(25)20-9-11-21(33-2)12-10-20/h3-13,16H,14-15,17H2,1-2H3,(H,27,31). The van der Waals surface area contributed by atoms with Crippen molar-refractivity contribution >= 4 is 17.7 Å². The molecule has 0 aliphatic heterocycles. The molecule has 9 heteroatoms. The number of aromatic nitrogens is 4. The van der Waals surface area contributed by atoms with Crippen LogP contribution in [0.4, 0.5) is 0 Å². The molecule has 34 heavy (non-hydrogen) atoms. The van der Waals surface area contributed by atoms with Gasteiger partial charge in [0.2, 0.25) is 0 Å². The summed E-state index contributed by atoms with van der Waals surface area (Å²) in [7, 11) is 3.24. The Bertz CT molecular complexity index is 1230. The molecule has 2 aromatic heterocycles. The van der Waals surface area contributed by atoms with E-state index in [9.17, 15) is 4.79 Å². The van der Waals surface area contributed by atoms with Crippen molar-refractivity contribution in [2.45, 2.75) is 10.9 Å². The summed E-state index contributed by atoms with van der Waals surface area (Å²) < 4.78 is 12.3. The Morgan fingerprint density at radius 2 is 1.85 bits per heavy atom. The van der Waals surface area contributed by atoms with Gasteiger partial charge in [0, 0.05) is 48.6 Å².